The van der Waals surface area contributed by atoms with Crippen molar-refractivity contribution in [3.05, 3.63) is 57.6 Å². The number of hydrogen-bond acceptors (Lipinski definition) is 4. The van der Waals surface area contributed by atoms with E-state index in [9.17, 15) is 4.79 Å². The van der Waals surface area contributed by atoms with E-state index in [1.165, 1.54) is 31.9 Å². The number of ether oxygens (including phenoxy) is 2. The van der Waals surface area contributed by atoms with Crippen LogP contribution in [-0.2, 0) is 0 Å². The van der Waals surface area contributed by atoms with E-state index < -0.39 is 0 Å². The van der Waals surface area contributed by atoms with E-state index in [2.05, 4.69) is 17.5 Å². The molecule has 0 heterocycles. The van der Waals surface area contributed by atoms with E-state index in [1.54, 1.807) is 36.4 Å². The molecule has 2 rings (SSSR count). The average Bonchev–Trinajstić information content (AvgIpc) is 2.75. The molecule has 2 aromatic carbocycles. The highest BCUT2D eigenvalue weighted by molar-refractivity contribution is 6.32. The van der Waals surface area contributed by atoms with Crippen LogP contribution in [0.4, 0.5) is 0 Å². The minimum absolute atomic E-state index is 0.331. The fraction of sp³-hybridized carbons (Fsp3) is 0.417. The van der Waals surface area contributed by atoms with Crippen LogP contribution in [0.1, 0.15) is 68.3 Å². The third-order valence-corrected chi connectivity index (χ3v) is 5.09. The quantitative estimate of drug-likeness (QED) is 0.199. The molecular weight excluding hydrogens is 435 g/mol. The highest BCUT2D eigenvalue weighted by Crippen LogP contribution is 2.36. The molecule has 0 radical (unpaired) electrons. The van der Waals surface area contributed by atoms with Crippen LogP contribution in [0.15, 0.2) is 41.5 Å². The van der Waals surface area contributed by atoms with Gasteiger partial charge in [0.2, 0.25) is 0 Å². The molecule has 0 bridgehead atoms. The molecule has 5 nitrogen and oxygen atoms in total. The van der Waals surface area contributed by atoms with E-state index in [4.69, 9.17) is 32.7 Å². The number of halogens is 2. The summed E-state index contributed by atoms with van der Waals surface area (Å²) in [6.07, 6.45) is 8.64. The molecule has 0 aliphatic rings. The van der Waals surface area contributed by atoms with Crippen molar-refractivity contribution in [3.8, 4) is 11.5 Å². The smallest absolute Gasteiger partial charge is 0.271 e. The second-order valence-corrected chi connectivity index (χ2v) is 7.93. The SMILES string of the molecule is CCCCCCCCOc1c(Cl)cc(/C=N/NC(=O)c2ccc(Cl)cc2)cc1OCC. The number of nitrogens with one attached hydrogen (secondary N) is 1. The molecule has 0 aromatic heterocycles. The van der Waals surface area contributed by atoms with Gasteiger partial charge in [0.1, 0.15) is 0 Å². The van der Waals surface area contributed by atoms with Gasteiger partial charge in [0.15, 0.2) is 11.5 Å². The molecule has 31 heavy (non-hydrogen) atoms. The van der Waals surface area contributed by atoms with Crippen LogP contribution >= 0.6 is 23.2 Å². The molecule has 0 aliphatic carbocycles. The van der Waals surface area contributed by atoms with Gasteiger partial charge in [0, 0.05) is 10.6 Å². The lowest BCUT2D eigenvalue weighted by Crippen LogP contribution is -2.17. The van der Waals surface area contributed by atoms with E-state index in [-0.39, 0.29) is 5.91 Å². The molecule has 0 fully saturated rings. The van der Waals surface area contributed by atoms with E-state index in [0.29, 0.717) is 45.9 Å². The minimum atomic E-state index is -0.331. The lowest BCUT2D eigenvalue weighted by molar-refractivity contribution is 0.0955. The summed E-state index contributed by atoms with van der Waals surface area (Å²) in [6, 6.07) is 10.1. The standard InChI is InChI=1S/C24H30Cl2N2O3/c1-3-5-6-7-8-9-14-31-23-21(26)15-18(16-22(23)30-4-2)17-27-28-24(29)19-10-12-20(25)13-11-19/h10-13,15-17H,3-9,14H2,1-2H3,(H,28,29)/b27-17+. The number of hydrazone groups is 1. The summed E-state index contributed by atoms with van der Waals surface area (Å²) in [5.74, 6) is 0.772. The van der Waals surface area contributed by atoms with E-state index in [1.807, 2.05) is 6.92 Å². The average molecular weight is 465 g/mol. The number of nitrogens with zero attached hydrogens (tertiary/aromatic N) is 1. The Balaban J connectivity index is 1.95. The Labute approximate surface area is 194 Å². The summed E-state index contributed by atoms with van der Waals surface area (Å²) >= 11 is 12.3. The maximum Gasteiger partial charge on any atom is 0.271 e. The summed E-state index contributed by atoms with van der Waals surface area (Å²) < 4.78 is 11.6. The van der Waals surface area contributed by atoms with E-state index in [0.717, 1.165) is 12.8 Å². The number of carbonyl (C=O) groups excluding carboxylic acids is 1. The fourth-order valence-corrected chi connectivity index (χ4v) is 3.35. The molecular formula is C24H30Cl2N2O3. The zero-order valence-corrected chi connectivity index (χ0v) is 19.6. The van der Waals surface area contributed by atoms with Crippen LogP contribution in [0, 0.1) is 0 Å². The number of rotatable bonds is 13. The highest BCUT2D eigenvalue weighted by atomic mass is 35.5. The third kappa shape index (κ3) is 8.80. The number of benzene rings is 2. The normalized spacial score (nSPS) is 11.0. The van der Waals surface area contributed by atoms with Crippen molar-refractivity contribution in [1.29, 1.82) is 0 Å². The number of carbonyl (C=O) groups is 1. The summed E-state index contributed by atoms with van der Waals surface area (Å²) in [4.78, 5) is 12.1. The first-order valence-electron chi connectivity index (χ1n) is 10.7. The van der Waals surface area contributed by atoms with Gasteiger partial charge < -0.3 is 9.47 Å². The summed E-state index contributed by atoms with van der Waals surface area (Å²) in [5.41, 5.74) is 3.64. The lowest BCUT2D eigenvalue weighted by atomic mass is 10.1. The van der Waals surface area contributed by atoms with Crippen molar-refractivity contribution in [2.24, 2.45) is 5.10 Å². The second-order valence-electron chi connectivity index (χ2n) is 7.09. The molecule has 168 valence electrons. The summed E-state index contributed by atoms with van der Waals surface area (Å²) in [5, 5.41) is 5.02. The Morgan fingerprint density at radius 2 is 1.71 bits per heavy atom. The zero-order valence-electron chi connectivity index (χ0n) is 18.1. The first kappa shape index (κ1) is 25.0. The van der Waals surface area contributed by atoms with Gasteiger partial charge in [-0.05, 0) is 55.3 Å². The molecule has 0 spiro atoms. The Bertz CT molecular complexity index is 855. The Morgan fingerprint density at radius 1 is 1.00 bits per heavy atom. The molecule has 0 saturated heterocycles. The molecule has 1 N–H and O–H groups in total. The van der Waals surface area contributed by atoms with Crippen molar-refractivity contribution in [2.45, 2.75) is 52.4 Å². The molecule has 0 unspecified atom stereocenters. The topological polar surface area (TPSA) is 59.9 Å². The highest BCUT2D eigenvalue weighted by Gasteiger charge is 2.12. The molecule has 0 saturated carbocycles. The number of unbranched alkanes of at least 4 members (excludes halogenated alkanes) is 5. The molecule has 2 aromatic rings. The molecule has 1 amide bonds. The summed E-state index contributed by atoms with van der Waals surface area (Å²) in [7, 11) is 0. The third-order valence-electron chi connectivity index (χ3n) is 4.56. The predicted octanol–water partition coefficient (Wildman–Crippen LogP) is 6.90. The van der Waals surface area contributed by atoms with Crippen molar-refractivity contribution in [1.82, 2.24) is 5.43 Å². The van der Waals surface area contributed by atoms with Crippen molar-refractivity contribution in [3.63, 3.8) is 0 Å². The van der Waals surface area contributed by atoms with Crippen LogP contribution in [0.2, 0.25) is 10.0 Å². The maximum atomic E-state index is 12.1. The van der Waals surface area contributed by atoms with Crippen LogP contribution < -0.4 is 14.9 Å². The van der Waals surface area contributed by atoms with Crippen LogP contribution in [0.3, 0.4) is 0 Å². The van der Waals surface area contributed by atoms with Gasteiger partial charge >= 0.3 is 0 Å². The Hall–Kier alpha value is -2.24. The van der Waals surface area contributed by atoms with E-state index >= 15 is 0 Å². The predicted molar refractivity (Wildman–Crippen MR) is 128 cm³/mol. The molecule has 7 heteroatoms. The van der Waals surface area contributed by atoms with Gasteiger partial charge in [-0.15, -0.1) is 0 Å². The van der Waals surface area contributed by atoms with Crippen LogP contribution in [-0.4, -0.2) is 25.3 Å². The van der Waals surface area contributed by atoms with Gasteiger partial charge in [0.05, 0.1) is 24.5 Å². The number of hydrogen-bond donors (Lipinski definition) is 1. The second kappa shape index (κ2) is 13.9. The first-order valence-corrected chi connectivity index (χ1v) is 11.5. The van der Waals surface area contributed by atoms with Crippen molar-refractivity contribution in [2.75, 3.05) is 13.2 Å². The lowest BCUT2D eigenvalue weighted by Gasteiger charge is -2.14. The van der Waals surface area contributed by atoms with Crippen LogP contribution in [0.25, 0.3) is 0 Å². The number of amides is 1. The van der Waals surface area contributed by atoms with Gasteiger partial charge in [-0.1, -0.05) is 62.2 Å². The fourth-order valence-electron chi connectivity index (χ4n) is 2.95. The van der Waals surface area contributed by atoms with Gasteiger partial charge in [-0.2, -0.15) is 5.10 Å². The van der Waals surface area contributed by atoms with Gasteiger partial charge in [-0.3, -0.25) is 4.79 Å². The Morgan fingerprint density at radius 3 is 2.42 bits per heavy atom. The maximum absolute atomic E-state index is 12.1. The molecule has 0 aliphatic heterocycles. The Kier molecular flexibility index (Phi) is 11.3. The van der Waals surface area contributed by atoms with Gasteiger partial charge in [-0.25, -0.2) is 5.43 Å². The first-order chi connectivity index (χ1) is 15.0. The van der Waals surface area contributed by atoms with Crippen LogP contribution in [0.5, 0.6) is 11.5 Å². The zero-order chi connectivity index (χ0) is 22.5. The molecule has 0 atom stereocenters. The van der Waals surface area contributed by atoms with Crippen molar-refractivity contribution >= 4 is 35.3 Å². The largest absolute Gasteiger partial charge is 0.490 e. The summed E-state index contributed by atoms with van der Waals surface area (Å²) in [6.45, 7) is 5.19. The van der Waals surface area contributed by atoms with Crippen molar-refractivity contribution < 1.29 is 14.3 Å². The van der Waals surface area contributed by atoms with Gasteiger partial charge in [0.25, 0.3) is 5.91 Å². The monoisotopic (exact) mass is 464 g/mol. The minimum Gasteiger partial charge on any atom is -0.490 e.